The smallest absolute Gasteiger partial charge is 0.326 e. The first-order chi connectivity index (χ1) is 10.4. The number of hydrogen-bond donors (Lipinski definition) is 4. The van der Waals surface area contributed by atoms with Gasteiger partial charge in [-0.15, -0.1) is 0 Å². The molecule has 0 aliphatic carbocycles. The Kier molecular flexibility index (Phi) is 7.04. The number of anilines is 1. The number of carbonyl (C=O) groups excluding carboxylic acids is 3. The Balaban J connectivity index is 2.33. The summed E-state index contributed by atoms with van der Waals surface area (Å²) >= 11 is 0. The molecule has 22 heavy (non-hydrogen) atoms. The number of amides is 4. The molecule has 0 fully saturated rings. The van der Waals surface area contributed by atoms with Crippen LogP contribution in [0.2, 0.25) is 0 Å². The fourth-order valence-corrected chi connectivity index (χ4v) is 1.84. The van der Waals surface area contributed by atoms with Crippen molar-refractivity contribution < 1.29 is 19.3 Å². The molecule has 0 spiro atoms. The number of benzene rings is 1. The summed E-state index contributed by atoms with van der Waals surface area (Å²) < 4.78 is 0. The van der Waals surface area contributed by atoms with Gasteiger partial charge in [-0.3, -0.25) is 14.9 Å². The average Bonchev–Trinajstić information content (AvgIpc) is 2.37. The highest BCUT2D eigenvalue weighted by atomic mass is 16.2. The quantitative estimate of drug-likeness (QED) is 0.564. The van der Waals surface area contributed by atoms with Crippen LogP contribution < -0.4 is 20.9 Å². The molecule has 4 N–H and O–H groups in total. The molecule has 0 bridgehead atoms. The summed E-state index contributed by atoms with van der Waals surface area (Å²) in [4.78, 5) is 35.6. The van der Waals surface area contributed by atoms with Crippen molar-refractivity contribution in [1.82, 2.24) is 10.6 Å². The van der Waals surface area contributed by atoms with E-state index in [0.717, 1.165) is 0 Å². The third-order valence-electron chi connectivity index (χ3n) is 2.66. The summed E-state index contributed by atoms with van der Waals surface area (Å²) in [7, 11) is 1.72. The van der Waals surface area contributed by atoms with E-state index in [2.05, 4.69) is 16.0 Å². The van der Waals surface area contributed by atoms with Crippen LogP contribution in [0.5, 0.6) is 0 Å². The minimum atomic E-state index is -0.587. The number of quaternary nitrogens is 1. The Morgan fingerprint density at radius 2 is 1.64 bits per heavy atom. The first kappa shape index (κ1) is 17.6. The number of hydrogen-bond acceptors (Lipinski definition) is 3. The van der Waals surface area contributed by atoms with Crippen molar-refractivity contribution in [2.24, 2.45) is 0 Å². The molecule has 0 saturated heterocycles. The lowest BCUT2D eigenvalue weighted by Crippen LogP contribution is -3.11. The van der Waals surface area contributed by atoms with E-state index in [1.807, 2.05) is 19.9 Å². The summed E-state index contributed by atoms with van der Waals surface area (Å²) in [5.74, 6) is -0.572. The number of nitrogens with one attached hydrogen (secondary N) is 4. The summed E-state index contributed by atoms with van der Waals surface area (Å²) in [5.41, 5.74) is 0.602. The second kappa shape index (κ2) is 8.78. The number of urea groups is 1. The Bertz CT molecular complexity index is 517. The SMILES string of the molecule is CC(C)NC(=O)C[NH+](C)CC(=O)NC(=O)Nc1ccccc1. The number of carbonyl (C=O) groups is 3. The van der Waals surface area contributed by atoms with Crippen molar-refractivity contribution in [1.29, 1.82) is 0 Å². The van der Waals surface area contributed by atoms with Gasteiger partial charge in [0.1, 0.15) is 0 Å². The molecule has 120 valence electrons. The lowest BCUT2D eigenvalue weighted by Gasteiger charge is -2.14. The molecule has 1 unspecified atom stereocenters. The molecular formula is C15H23N4O3+. The molecule has 1 aromatic rings. The Morgan fingerprint density at radius 3 is 2.23 bits per heavy atom. The maximum absolute atomic E-state index is 11.7. The van der Waals surface area contributed by atoms with Crippen molar-refractivity contribution >= 4 is 23.5 Å². The van der Waals surface area contributed by atoms with Crippen LogP contribution in [-0.4, -0.2) is 44.0 Å². The lowest BCUT2D eigenvalue weighted by molar-refractivity contribution is -0.862. The third-order valence-corrected chi connectivity index (χ3v) is 2.66. The molecular weight excluding hydrogens is 284 g/mol. The van der Waals surface area contributed by atoms with Crippen LogP contribution in [0.1, 0.15) is 13.8 Å². The van der Waals surface area contributed by atoms with E-state index in [4.69, 9.17) is 0 Å². The summed E-state index contributed by atoms with van der Waals surface area (Å²) in [6, 6.07) is 8.30. The number of likely N-dealkylation sites (N-methyl/N-ethyl adjacent to an activating group) is 1. The second-order valence-electron chi connectivity index (χ2n) is 5.40. The highest BCUT2D eigenvalue weighted by Crippen LogP contribution is 2.03. The van der Waals surface area contributed by atoms with Gasteiger partial charge in [-0.25, -0.2) is 4.79 Å². The Morgan fingerprint density at radius 1 is 1.05 bits per heavy atom. The van der Waals surface area contributed by atoms with Crippen LogP contribution in [-0.2, 0) is 9.59 Å². The molecule has 7 heteroatoms. The maximum atomic E-state index is 11.7. The normalized spacial score (nSPS) is 11.6. The molecule has 1 rings (SSSR count). The van der Waals surface area contributed by atoms with Gasteiger partial charge in [-0.05, 0) is 26.0 Å². The van der Waals surface area contributed by atoms with Crippen molar-refractivity contribution in [3.8, 4) is 0 Å². The van der Waals surface area contributed by atoms with E-state index < -0.39 is 11.9 Å². The largest absolute Gasteiger partial charge is 0.349 e. The molecule has 7 nitrogen and oxygen atoms in total. The minimum absolute atomic E-state index is 0.0354. The molecule has 0 heterocycles. The Labute approximate surface area is 130 Å². The summed E-state index contributed by atoms with van der Waals surface area (Å²) in [6.07, 6.45) is 0. The van der Waals surface area contributed by atoms with Gasteiger partial charge >= 0.3 is 6.03 Å². The maximum Gasteiger partial charge on any atom is 0.326 e. The number of rotatable bonds is 6. The molecule has 0 aromatic heterocycles. The van der Waals surface area contributed by atoms with E-state index in [0.29, 0.717) is 10.6 Å². The third kappa shape index (κ3) is 7.39. The van der Waals surface area contributed by atoms with Gasteiger partial charge in [0.2, 0.25) is 0 Å². The monoisotopic (exact) mass is 307 g/mol. The van der Waals surface area contributed by atoms with E-state index in [1.165, 1.54) is 0 Å². The van der Waals surface area contributed by atoms with Crippen LogP contribution in [0.15, 0.2) is 30.3 Å². The van der Waals surface area contributed by atoms with E-state index in [9.17, 15) is 14.4 Å². The first-order valence-electron chi connectivity index (χ1n) is 7.13. The zero-order chi connectivity index (χ0) is 16.5. The molecule has 0 aliphatic heterocycles. The zero-order valence-electron chi connectivity index (χ0n) is 13.1. The first-order valence-corrected chi connectivity index (χ1v) is 7.13. The van der Waals surface area contributed by atoms with Gasteiger partial charge in [0.05, 0.1) is 7.05 Å². The lowest BCUT2D eigenvalue weighted by atomic mass is 10.3. The van der Waals surface area contributed by atoms with Crippen LogP contribution >= 0.6 is 0 Å². The standard InChI is InChI=1S/C15H22N4O3/c1-11(2)16-13(20)9-19(3)10-14(21)18-15(22)17-12-7-5-4-6-8-12/h4-8,11H,9-10H2,1-3H3,(H,16,20)(H2,17,18,21,22)/p+1. The topological polar surface area (TPSA) is 91.7 Å². The number of imide groups is 1. The van der Waals surface area contributed by atoms with E-state index >= 15 is 0 Å². The van der Waals surface area contributed by atoms with Crippen molar-refractivity contribution in [2.45, 2.75) is 19.9 Å². The van der Waals surface area contributed by atoms with Gasteiger partial charge in [0, 0.05) is 11.7 Å². The molecule has 1 aromatic carbocycles. The van der Waals surface area contributed by atoms with Gasteiger partial charge in [0.15, 0.2) is 13.1 Å². The number of para-hydroxylation sites is 1. The van der Waals surface area contributed by atoms with Gasteiger partial charge in [-0.1, -0.05) is 18.2 Å². The molecule has 0 aliphatic rings. The molecule has 4 amide bonds. The highest BCUT2D eigenvalue weighted by Gasteiger charge is 2.16. The van der Waals surface area contributed by atoms with Gasteiger partial charge < -0.3 is 15.5 Å². The van der Waals surface area contributed by atoms with Gasteiger partial charge in [-0.2, -0.15) is 0 Å². The van der Waals surface area contributed by atoms with Crippen LogP contribution in [0.3, 0.4) is 0 Å². The molecule has 1 atom stereocenters. The van der Waals surface area contributed by atoms with E-state index in [1.54, 1.807) is 31.3 Å². The van der Waals surface area contributed by atoms with Crippen molar-refractivity contribution in [3.05, 3.63) is 30.3 Å². The van der Waals surface area contributed by atoms with Crippen LogP contribution in [0.25, 0.3) is 0 Å². The van der Waals surface area contributed by atoms with Crippen molar-refractivity contribution in [3.63, 3.8) is 0 Å². The summed E-state index contributed by atoms with van der Waals surface area (Å²) in [6.45, 7) is 3.95. The minimum Gasteiger partial charge on any atom is -0.349 e. The average molecular weight is 307 g/mol. The Hall–Kier alpha value is -2.41. The fraction of sp³-hybridized carbons (Fsp3) is 0.400. The predicted molar refractivity (Wildman–Crippen MR) is 83.5 cm³/mol. The van der Waals surface area contributed by atoms with E-state index in [-0.39, 0.29) is 25.0 Å². The molecule has 0 saturated carbocycles. The van der Waals surface area contributed by atoms with Gasteiger partial charge in [0.25, 0.3) is 11.8 Å². The van der Waals surface area contributed by atoms with Crippen molar-refractivity contribution in [2.75, 3.05) is 25.5 Å². The fourth-order valence-electron chi connectivity index (χ4n) is 1.84. The predicted octanol–water partition coefficient (Wildman–Crippen LogP) is -0.626. The highest BCUT2D eigenvalue weighted by molar-refractivity contribution is 6.01. The van der Waals surface area contributed by atoms with Crippen LogP contribution in [0, 0.1) is 0 Å². The second-order valence-corrected chi connectivity index (χ2v) is 5.40. The molecule has 0 radical (unpaired) electrons. The zero-order valence-corrected chi connectivity index (χ0v) is 13.1. The van der Waals surface area contributed by atoms with Crippen LogP contribution in [0.4, 0.5) is 10.5 Å². The summed E-state index contributed by atoms with van der Waals surface area (Å²) in [5, 5.41) is 7.53.